The number of hydrogen-bond donors (Lipinski definition) is 2. The third-order valence-corrected chi connectivity index (χ3v) is 3.65. The number of rotatable bonds is 3. The van der Waals surface area contributed by atoms with Gasteiger partial charge in [0.1, 0.15) is 0 Å². The highest BCUT2D eigenvalue weighted by molar-refractivity contribution is 9.10. The molecule has 3 heteroatoms. The van der Waals surface area contributed by atoms with Crippen LogP contribution in [0.25, 0.3) is 0 Å². The van der Waals surface area contributed by atoms with Crippen LogP contribution in [0.1, 0.15) is 18.4 Å². The Labute approximate surface area is 99.6 Å². The van der Waals surface area contributed by atoms with Gasteiger partial charge in [0.2, 0.25) is 0 Å². The van der Waals surface area contributed by atoms with Gasteiger partial charge in [-0.2, -0.15) is 0 Å². The molecule has 1 heterocycles. The molecule has 2 rings (SSSR count). The largest absolute Gasteiger partial charge is 0.317 e. The van der Waals surface area contributed by atoms with E-state index in [0.29, 0.717) is 6.04 Å². The SMILES string of the molecule is Brc1ccccc1CNC1CCNCC1. The summed E-state index contributed by atoms with van der Waals surface area (Å²) >= 11 is 3.57. The van der Waals surface area contributed by atoms with Crippen LogP contribution in [0.5, 0.6) is 0 Å². The minimum atomic E-state index is 0.679. The lowest BCUT2D eigenvalue weighted by atomic mass is 10.1. The molecule has 0 bridgehead atoms. The van der Waals surface area contributed by atoms with Gasteiger partial charge < -0.3 is 10.6 Å². The van der Waals surface area contributed by atoms with Gasteiger partial charge in [-0.15, -0.1) is 0 Å². The average molecular weight is 269 g/mol. The molecule has 82 valence electrons. The summed E-state index contributed by atoms with van der Waals surface area (Å²) in [4.78, 5) is 0. The number of hydrogen-bond acceptors (Lipinski definition) is 2. The molecule has 1 aromatic carbocycles. The summed E-state index contributed by atoms with van der Waals surface area (Å²) in [5.74, 6) is 0. The summed E-state index contributed by atoms with van der Waals surface area (Å²) in [6.45, 7) is 3.26. The zero-order valence-electron chi connectivity index (χ0n) is 8.80. The van der Waals surface area contributed by atoms with Crippen molar-refractivity contribution in [3.63, 3.8) is 0 Å². The molecular formula is C12H17BrN2. The number of piperidine rings is 1. The molecule has 1 aliphatic heterocycles. The van der Waals surface area contributed by atoms with Gasteiger partial charge in [-0.3, -0.25) is 0 Å². The van der Waals surface area contributed by atoms with Crippen molar-refractivity contribution in [2.75, 3.05) is 13.1 Å². The lowest BCUT2D eigenvalue weighted by Gasteiger charge is -2.24. The predicted octanol–water partition coefficient (Wildman–Crippen LogP) is 2.29. The average Bonchev–Trinajstić information content (AvgIpc) is 2.29. The highest BCUT2D eigenvalue weighted by Crippen LogP contribution is 2.16. The molecule has 15 heavy (non-hydrogen) atoms. The lowest BCUT2D eigenvalue weighted by Crippen LogP contribution is -2.39. The Morgan fingerprint density at radius 2 is 2.00 bits per heavy atom. The fraction of sp³-hybridized carbons (Fsp3) is 0.500. The normalized spacial score (nSPS) is 17.9. The van der Waals surface area contributed by atoms with Crippen LogP contribution in [0.4, 0.5) is 0 Å². The van der Waals surface area contributed by atoms with E-state index in [1.54, 1.807) is 0 Å². The molecule has 1 fully saturated rings. The molecule has 0 amide bonds. The maximum absolute atomic E-state index is 3.61. The number of halogens is 1. The van der Waals surface area contributed by atoms with Gasteiger partial charge in [-0.05, 0) is 37.6 Å². The lowest BCUT2D eigenvalue weighted by molar-refractivity contribution is 0.386. The maximum Gasteiger partial charge on any atom is 0.0220 e. The Balaban J connectivity index is 1.84. The summed E-state index contributed by atoms with van der Waals surface area (Å²) in [6, 6.07) is 9.08. The van der Waals surface area contributed by atoms with Gasteiger partial charge in [0.15, 0.2) is 0 Å². The van der Waals surface area contributed by atoms with Gasteiger partial charge >= 0.3 is 0 Å². The maximum atomic E-state index is 3.61. The number of benzene rings is 1. The summed E-state index contributed by atoms with van der Waals surface area (Å²) in [5.41, 5.74) is 1.34. The first-order chi connectivity index (χ1) is 7.36. The van der Waals surface area contributed by atoms with Crippen LogP contribution in [0, 0.1) is 0 Å². The van der Waals surface area contributed by atoms with Crippen LogP contribution in [-0.2, 0) is 6.54 Å². The molecule has 0 aliphatic carbocycles. The molecule has 0 aromatic heterocycles. The van der Waals surface area contributed by atoms with E-state index in [-0.39, 0.29) is 0 Å². The minimum Gasteiger partial charge on any atom is -0.317 e. The third kappa shape index (κ3) is 3.30. The monoisotopic (exact) mass is 268 g/mol. The van der Waals surface area contributed by atoms with E-state index in [9.17, 15) is 0 Å². The van der Waals surface area contributed by atoms with E-state index < -0.39 is 0 Å². The zero-order chi connectivity index (χ0) is 10.5. The van der Waals surface area contributed by atoms with Crippen LogP contribution in [0.3, 0.4) is 0 Å². The topological polar surface area (TPSA) is 24.1 Å². The van der Waals surface area contributed by atoms with E-state index in [1.165, 1.54) is 22.9 Å². The Morgan fingerprint density at radius 3 is 2.73 bits per heavy atom. The molecule has 1 aromatic rings. The molecule has 2 nitrogen and oxygen atoms in total. The quantitative estimate of drug-likeness (QED) is 0.879. The third-order valence-electron chi connectivity index (χ3n) is 2.88. The van der Waals surface area contributed by atoms with Gasteiger partial charge in [-0.25, -0.2) is 0 Å². The molecule has 0 spiro atoms. The molecule has 0 saturated carbocycles. The van der Waals surface area contributed by atoms with Crippen molar-refractivity contribution >= 4 is 15.9 Å². The molecule has 2 N–H and O–H groups in total. The fourth-order valence-electron chi connectivity index (χ4n) is 1.92. The standard InChI is InChI=1S/C12H17BrN2/c13-12-4-2-1-3-10(12)9-15-11-5-7-14-8-6-11/h1-4,11,14-15H,5-9H2. The molecular weight excluding hydrogens is 252 g/mol. The van der Waals surface area contributed by atoms with Gasteiger partial charge in [0.05, 0.1) is 0 Å². The van der Waals surface area contributed by atoms with Crippen molar-refractivity contribution < 1.29 is 0 Å². The summed E-state index contributed by atoms with van der Waals surface area (Å²) in [6.07, 6.45) is 2.48. The van der Waals surface area contributed by atoms with Crippen molar-refractivity contribution in [1.29, 1.82) is 0 Å². The van der Waals surface area contributed by atoms with E-state index in [1.807, 2.05) is 0 Å². The van der Waals surface area contributed by atoms with Crippen LogP contribution in [-0.4, -0.2) is 19.1 Å². The van der Waals surface area contributed by atoms with Gasteiger partial charge in [0, 0.05) is 17.1 Å². The van der Waals surface area contributed by atoms with Crippen LogP contribution in [0.2, 0.25) is 0 Å². The van der Waals surface area contributed by atoms with Crippen LogP contribution in [0.15, 0.2) is 28.7 Å². The predicted molar refractivity (Wildman–Crippen MR) is 66.9 cm³/mol. The Hall–Kier alpha value is -0.380. The van der Waals surface area contributed by atoms with Gasteiger partial charge in [-0.1, -0.05) is 34.1 Å². The fourth-order valence-corrected chi connectivity index (χ4v) is 2.35. The van der Waals surface area contributed by atoms with E-state index >= 15 is 0 Å². The highest BCUT2D eigenvalue weighted by Gasteiger charge is 2.12. The van der Waals surface area contributed by atoms with Crippen molar-refractivity contribution in [3.8, 4) is 0 Å². The number of nitrogens with one attached hydrogen (secondary N) is 2. The van der Waals surface area contributed by atoms with Gasteiger partial charge in [0.25, 0.3) is 0 Å². The van der Waals surface area contributed by atoms with Crippen molar-refractivity contribution in [3.05, 3.63) is 34.3 Å². The first-order valence-corrected chi connectivity index (χ1v) is 6.33. The Kier molecular flexibility index (Phi) is 4.18. The second kappa shape index (κ2) is 5.64. The first kappa shape index (κ1) is 11.1. The van der Waals surface area contributed by atoms with E-state index in [0.717, 1.165) is 19.6 Å². The van der Waals surface area contributed by atoms with Crippen molar-refractivity contribution in [2.45, 2.75) is 25.4 Å². The summed E-state index contributed by atoms with van der Waals surface area (Å²) in [7, 11) is 0. The zero-order valence-corrected chi connectivity index (χ0v) is 10.4. The molecule has 1 aliphatic rings. The highest BCUT2D eigenvalue weighted by atomic mass is 79.9. The van der Waals surface area contributed by atoms with Crippen molar-refractivity contribution in [2.24, 2.45) is 0 Å². The van der Waals surface area contributed by atoms with Crippen LogP contribution >= 0.6 is 15.9 Å². The first-order valence-electron chi connectivity index (χ1n) is 5.54. The summed E-state index contributed by atoms with van der Waals surface area (Å²) in [5, 5.41) is 6.98. The Morgan fingerprint density at radius 1 is 1.27 bits per heavy atom. The summed E-state index contributed by atoms with van der Waals surface area (Å²) < 4.78 is 1.20. The van der Waals surface area contributed by atoms with E-state index in [2.05, 4.69) is 50.8 Å². The molecule has 0 unspecified atom stereocenters. The molecule has 1 saturated heterocycles. The second-order valence-corrected chi connectivity index (χ2v) is 4.85. The molecule has 0 radical (unpaired) electrons. The van der Waals surface area contributed by atoms with Crippen LogP contribution < -0.4 is 10.6 Å². The Bertz CT molecular complexity index is 308. The second-order valence-electron chi connectivity index (χ2n) is 4.00. The molecule has 0 atom stereocenters. The smallest absolute Gasteiger partial charge is 0.0220 e. The van der Waals surface area contributed by atoms with E-state index in [4.69, 9.17) is 0 Å². The minimum absolute atomic E-state index is 0.679. The van der Waals surface area contributed by atoms with Crippen molar-refractivity contribution in [1.82, 2.24) is 10.6 Å².